The molecule has 9 nitrogen and oxygen atoms in total. The summed E-state index contributed by atoms with van der Waals surface area (Å²) in [6.45, 7) is 7.89. The molecule has 1 heterocycles. The molecule has 1 aliphatic rings. The van der Waals surface area contributed by atoms with Crippen LogP contribution in [0.2, 0.25) is 0 Å². The van der Waals surface area contributed by atoms with Crippen LogP contribution >= 0.6 is 7.82 Å². The third-order valence-corrected chi connectivity index (χ3v) is 6.54. The van der Waals surface area contributed by atoms with E-state index in [0.29, 0.717) is 24.7 Å². The number of carbonyl (C=O) groups excluding carboxylic acids is 1. The number of phosphoric ester groups is 1. The lowest BCUT2D eigenvalue weighted by Gasteiger charge is -2.21. The topological polar surface area (TPSA) is 143 Å². The highest BCUT2D eigenvalue weighted by molar-refractivity contribution is 7.47. The van der Waals surface area contributed by atoms with Crippen molar-refractivity contribution in [3.63, 3.8) is 0 Å². The van der Waals surface area contributed by atoms with E-state index in [-0.39, 0.29) is 0 Å². The number of phosphoric acid groups is 1. The van der Waals surface area contributed by atoms with E-state index in [0.717, 1.165) is 44.9 Å². The van der Waals surface area contributed by atoms with Gasteiger partial charge in [0, 0.05) is 0 Å². The molecule has 0 amide bonds. The van der Waals surface area contributed by atoms with E-state index in [9.17, 15) is 24.5 Å². The molecule has 0 fully saturated rings. The Balaban J connectivity index is 2.70. The lowest BCUT2D eigenvalue weighted by molar-refractivity contribution is -0.147. The van der Waals surface area contributed by atoms with Gasteiger partial charge in [0.2, 0.25) is 0 Å². The molecule has 0 saturated heterocycles. The predicted octanol–water partition coefficient (Wildman–Crippen LogP) is 4.75. The SMILES string of the molecule is CC(C)CCCCCCC(CCCCC(C)C)OP(=O)(O)OC1=C(O)[C@@H](C(O)CO)OC1=O. The monoisotopic (exact) mass is 494 g/mol. The number of hydrogen-bond donors (Lipinski definition) is 4. The Morgan fingerprint density at radius 3 is 1.94 bits per heavy atom. The summed E-state index contributed by atoms with van der Waals surface area (Å²) in [5.41, 5.74) is 0. The molecule has 0 aromatic rings. The van der Waals surface area contributed by atoms with Crippen molar-refractivity contribution in [3.05, 3.63) is 11.5 Å². The van der Waals surface area contributed by atoms with E-state index in [1.807, 2.05) is 0 Å². The number of aliphatic hydroxyl groups is 3. The van der Waals surface area contributed by atoms with Crippen molar-refractivity contribution in [1.29, 1.82) is 0 Å². The van der Waals surface area contributed by atoms with Gasteiger partial charge in [-0.1, -0.05) is 79.1 Å². The fourth-order valence-electron chi connectivity index (χ4n) is 3.68. The largest absolute Gasteiger partial charge is 0.528 e. The molecule has 194 valence electrons. The zero-order valence-corrected chi connectivity index (χ0v) is 21.3. The van der Waals surface area contributed by atoms with Gasteiger partial charge in [-0.3, -0.25) is 9.42 Å². The third-order valence-electron chi connectivity index (χ3n) is 5.56. The molecule has 33 heavy (non-hydrogen) atoms. The Kier molecular flexibility index (Phi) is 13.6. The van der Waals surface area contributed by atoms with Crippen LogP contribution in [0.1, 0.15) is 91.9 Å². The van der Waals surface area contributed by atoms with Gasteiger partial charge < -0.3 is 24.6 Å². The summed E-state index contributed by atoms with van der Waals surface area (Å²) in [5, 5.41) is 28.7. The van der Waals surface area contributed by atoms with Crippen LogP contribution in [0.15, 0.2) is 11.5 Å². The van der Waals surface area contributed by atoms with Gasteiger partial charge in [-0.05, 0) is 24.7 Å². The summed E-state index contributed by atoms with van der Waals surface area (Å²) in [6, 6.07) is 0. The van der Waals surface area contributed by atoms with Gasteiger partial charge in [0.15, 0.2) is 11.9 Å². The number of cyclic esters (lactones) is 1. The van der Waals surface area contributed by atoms with E-state index in [1.165, 1.54) is 6.42 Å². The van der Waals surface area contributed by atoms with E-state index in [1.54, 1.807) is 0 Å². The molecule has 1 rings (SSSR count). The maximum Gasteiger partial charge on any atom is 0.528 e. The molecule has 0 bridgehead atoms. The Hall–Kier alpha value is -1.12. The first-order valence-electron chi connectivity index (χ1n) is 12.1. The van der Waals surface area contributed by atoms with Crippen LogP contribution in [0.5, 0.6) is 0 Å². The molecule has 3 unspecified atom stereocenters. The zero-order chi connectivity index (χ0) is 25.0. The van der Waals surface area contributed by atoms with E-state index in [2.05, 4.69) is 27.7 Å². The summed E-state index contributed by atoms with van der Waals surface area (Å²) in [4.78, 5) is 22.2. The Bertz CT molecular complexity index is 662. The average Bonchev–Trinajstić information content (AvgIpc) is 3.00. The first-order chi connectivity index (χ1) is 15.5. The highest BCUT2D eigenvalue weighted by Gasteiger charge is 2.44. The van der Waals surface area contributed by atoms with Gasteiger partial charge in [0.05, 0.1) is 12.7 Å². The Labute approximate surface area is 197 Å². The minimum atomic E-state index is -4.74. The van der Waals surface area contributed by atoms with E-state index in [4.69, 9.17) is 18.9 Å². The molecule has 0 radical (unpaired) electrons. The molecular weight excluding hydrogens is 451 g/mol. The number of esters is 1. The second kappa shape index (κ2) is 15.0. The van der Waals surface area contributed by atoms with Gasteiger partial charge in [0.1, 0.15) is 6.10 Å². The number of rotatable bonds is 18. The number of unbranched alkanes of at least 4 members (excludes halogenated alkanes) is 4. The molecule has 10 heteroatoms. The second-order valence-corrected chi connectivity index (χ2v) is 11.0. The van der Waals surface area contributed by atoms with Crippen LogP contribution in [-0.2, 0) is 23.1 Å². The summed E-state index contributed by atoms with van der Waals surface area (Å²) < 4.78 is 27.6. The fourth-order valence-corrected chi connectivity index (χ4v) is 4.71. The van der Waals surface area contributed by atoms with Crippen LogP contribution in [0.25, 0.3) is 0 Å². The molecule has 4 N–H and O–H groups in total. The maximum atomic E-state index is 12.6. The fraction of sp³-hybridized carbons (Fsp3) is 0.870. The molecule has 0 aromatic carbocycles. The predicted molar refractivity (Wildman–Crippen MR) is 124 cm³/mol. The van der Waals surface area contributed by atoms with Crippen molar-refractivity contribution >= 4 is 13.8 Å². The van der Waals surface area contributed by atoms with Crippen LogP contribution in [0, 0.1) is 11.8 Å². The lowest BCUT2D eigenvalue weighted by atomic mass is 10.00. The van der Waals surface area contributed by atoms with E-state index >= 15 is 0 Å². The second-order valence-electron chi connectivity index (χ2n) is 9.64. The van der Waals surface area contributed by atoms with Crippen molar-refractivity contribution in [2.24, 2.45) is 11.8 Å². The number of ether oxygens (including phenoxy) is 1. The van der Waals surface area contributed by atoms with Crippen molar-refractivity contribution in [2.75, 3.05) is 6.61 Å². The van der Waals surface area contributed by atoms with Crippen LogP contribution < -0.4 is 0 Å². The minimum absolute atomic E-state index is 0.530. The Morgan fingerprint density at radius 2 is 1.42 bits per heavy atom. The first-order valence-corrected chi connectivity index (χ1v) is 13.6. The quantitative estimate of drug-likeness (QED) is 0.121. The molecule has 1 aliphatic heterocycles. The molecule has 4 atom stereocenters. The van der Waals surface area contributed by atoms with Gasteiger partial charge in [-0.15, -0.1) is 0 Å². The van der Waals surface area contributed by atoms with Crippen LogP contribution in [-0.4, -0.2) is 51.1 Å². The van der Waals surface area contributed by atoms with Crippen LogP contribution in [0.3, 0.4) is 0 Å². The van der Waals surface area contributed by atoms with Gasteiger partial charge >= 0.3 is 13.8 Å². The smallest absolute Gasteiger partial charge is 0.505 e. The highest BCUT2D eigenvalue weighted by atomic mass is 31.2. The van der Waals surface area contributed by atoms with Crippen molar-refractivity contribution in [3.8, 4) is 0 Å². The lowest BCUT2D eigenvalue weighted by Crippen LogP contribution is -2.31. The van der Waals surface area contributed by atoms with Crippen LogP contribution in [0.4, 0.5) is 0 Å². The normalized spacial score (nSPS) is 20.3. The standard InChI is InChI=1S/C23H43O9P/c1-16(2)11-7-5-6-8-13-18(14-10-9-12-17(3)4)31-33(28,29)32-22-20(26)21(19(25)15-24)30-23(22)27/h16-19,21,24-26H,5-15H2,1-4H3,(H,28,29)/t18?,19?,21-/m1/s1. The Morgan fingerprint density at radius 1 is 0.939 bits per heavy atom. The molecular formula is C23H43O9P. The highest BCUT2D eigenvalue weighted by Crippen LogP contribution is 2.49. The first kappa shape index (κ1) is 29.9. The van der Waals surface area contributed by atoms with Gasteiger partial charge in [-0.25, -0.2) is 9.36 Å². The summed E-state index contributed by atoms with van der Waals surface area (Å²) in [7, 11) is -4.74. The average molecular weight is 495 g/mol. The maximum absolute atomic E-state index is 12.6. The number of hydrogen-bond acceptors (Lipinski definition) is 8. The van der Waals surface area contributed by atoms with Crippen molar-refractivity contribution in [2.45, 2.75) is 110 Å². The minimum Gasteiger partial charge on any atom is -0.505 e. The molecule has 0 aromatic heterocycles. The number of carbonyl (C=O) groups is 1. The molecule has 0 saturated carbocycles. The van der Waals surface area contributed by atoms with Crippen molar-refractivity contribution in [1.82, 2.24) is 0 Å². The van der Waals surface area contributed by atoms with Crippen molar-refractivity contribution < 1.29 is 43.4 Å². The molecule has 0 spiro atoms. The molecule has 0 aliphatic carbocycles. The summed E-state index contributed by atoms with van der Waals surface area (Å²) in [6.07, 6.45) is 5.59. The zero-order valence-electron chi connectivity index (χ0n) is 20.4. The van der Waals surface area contributed by atoms with Gasteiger partial charge in [-0.2, -0.15) is 0 Å². The third kappa shape index (κ3) is 11.7. The van der Waals surface area contributed by atoms with E-state index < -0.39 is 50.2 Å². The summed E-state index contributed by atoms with van der Waals surface area (Å²) in [5.74, 6) is -1.70. The summed E-state index contributed by atoms with van der Waals surface area (Å²) >= 11 is 0. The van der Waals surface area contributed by atoms with Gasteiger partial charge in [0.25, 0.3) is 5.76 Å². The number of aliphatic hydroxyl groups excluding tert-OH is 3.